The van der Waals surface area contributed by atoms with E-state index in [1.807, 2.05) is 17.5 Å². The van der Waals surface area contributed by atoms with Gasteiger partial charge < -0.3 is 4.52 Å². The zero-order valence-electron chi connectivity index (χ0n) is 11.4. The van der Waals surface area contributed by atoms with Gasteiger partial charge in [-0.05, 0) is 46.8 Å². The largest absolute Gasteiger partial charge is 0.339 e. The van der Waals surface area contributed by atoms with Gasteiger partial charge in [0, 0.05) is 13.1 Å². The lowest BCUT2D eigenvalue weighted by Crippen LogP contribution is -2.19. The van der Waals surface area contributed by atoms with Crippen molar-refractivity contribution < 1.29 is 4.52 Å². The summed E-state index contributed by atoms with van der Waals surface area (Å²) in [5, 5.41) is 10.5. The van der Waals surface area contributed by atoms with Crippen molar-refractivity contribution in [1.29, 1.82) is 0 Å². The van der Waals surface area contributed by atoms with E-state index in [9.17, 15) is 0 Å². The quantitative estimate of drug-likeness (QED) is 0.733. The van der Waals surface area contributed by atoms with Gasteiger partial charge in [0.15, 0.2) is 0 Å². The van der Waals surface area contributed by atoms with Crippen LogP contribution in [0.5, 0.6) is 0 Å². The van der Waals surface area contributed by atoms with E-state index in [4.69, 9.17) is 4.52 Å². The highest BCUT2D eigenvalue weighted by molar-refractivity contribution is 7.13. The van der Waals surface area contributed by atoms with Crippen molar-refractivity contribution in [3.8, 4) is 10.7 Å². The summed E-state index contributed by atoms with van der Waals surface area (Å²) >= 11 is 3.40. The average molecular weight is 317 g/mol. The van der Waals surface area contributed by atoms with Gasteiger partial charge in [-0.1, -0.05) is 11.2 Å². The van der Waals surface area contributed by atoms with Crippen LogP contribution in [0.25, 0.3) is 10.7 Å². The lowest BCUT2D eigenvalue weighted by atomic mass is 10.1. The highest BCUT2D eigenvalue weighted by atomic mass is 32.1. The van der Waals surface area contributed by atoms with Crippen LogP contribution < -0.4 is 0 Å². The second kappa shape index (κ2) is 5.71. The molecule has 4 rings (SSSR count). The molecule has 0 saturated carbocycles. The monoisotopic (exact) mass is 317 g/mol. The molecule has 21 heavy (non-hydrogen) atoms. The van der Waals surface area contributed by atoms with Crippen molar-refractivity contribution >= 4 is 22.7 Å². The van der Waals surface area contributed by atoms with Crippen LogP contribution in [0, 0.1) is 0 Å². The molecule has 108 valence electrons. The first-order chi connectivity index (χ1) is 10.4. The first-order valence-corrected chi connectivity index (χ1v) is 8.81. The molecule has 1 saturated heterocycles. The topological polar surface area (TPSA) is 42.2 Å². The van der Waals surface area contributed by atoms with Crippen molar-refractivity contribution in [1.82, 2.24) is 15.0 Å². The van der Waals surface area contributed by atoms with Gasteiger partial charge in [0.2, 0.25) is 11.7 Å². The van der Waals surface area contributed by atoms with Crippen molar-refractivity contribution in [2.24, 2.45) is 0 Å². The normalized spacial score (nSPS) is 19.3. The molecule has 0 aromatic carbocycles. The summed E-state index contributed by atoms with van der Waals surface area (Å²) in [6, 6.07) is 6.23. The lowest BCUT2D eigenvalue weighted by molar-refractivity contribution is 0.309. The van der Waals surface area contributed by atoms with Crippen LogP contribution in [-0.4, -0.2) is 28.1 Å². The molecule has 0 amide bonds. The SMILES string of the molecule is c1csc(-c2noc([C@H]3CCN(Cc4ccsc4)C3)n2)c1. The van der Waals surface area contributed by atoms with E-state index in [0.717, 1.165) is 42.6 Å². The molecule has 4 heterocycles. The summed E-state index contributed by atoms with van der Waals surface area (Å²) in [6.07, 6.45) is 1.09. The Hall–Kier alpha value is -1.50. The molecule has 0 spiro atoms. The minimum Gasteiger partial charge on any atom is -0.339 e. The third-order valence-electron chi connectivity index (χ3n) is 3.79. The van der Waals surface area contributed by atoms with Gasteiger partial charge in [0.25, 0.3) is 0 Å². The third-order valence-corrected chi connectivity index (χ3v) is 5.39. The molecule has 0 N–H and O–H groups in total. The van der Waals surface area contributed by atoms with Gasteiger partial charge in [-0.3, -0.25) is 4.90 Å². The fourth-order valence-corrected chi connectivity index (χ4v) is 4.03. The summed E-state index contributed by atoms with van der Waals surface area (Å²) in [4.78, 5) is 8.10. The van der Waals surface area contributed by atoms with Crippen LogP contribution in [0.2, 0.25) is 0 Å². The standard InChI is InChI=1S/C15H15N3OS2/c1-2-13(21-6-1)14-16-15(19-17-14)12-3-5-18(9-12)8-11-4-7-20-10-11/h1-2,4,6-7,10,12H,3,5,8-9H2/t12-/m0/s1. The van der Waals surface area contributed by atoms with E-state index in [0.29, 0.717) is 5.92 Å². The maximum atomic E-state index is 5.48. The van der Waals surface area contributed by atoms with Crippen LogP contribution >= 0.6 is 22.7 Å². The molecule has 0 aliphatic carbocycles. The number of hydrogen-bond acceptors (Lipinski definition) is 6. The van der Waals surface area contributed by atoms with Crippen LogP contribution in [0.3, 0.4) is 0 Å². The third kappa shape index (κ3) is 2.79. The Kier molecular flexibility index (Phi) is 3.58. The summed E-state index contributed by atoms with van der Waals surface area (Å²) in [5.74, 6) is 1.87. The van der Waals surface area contributed by atoms with Crippen LogP contribution in [0.4, 0.5) is 0 Å². The number of aromatic nitrogens is 2. The van der Waals surface area contributed by atoms with Gasteiger partial charge in [-0.2, -0.15) is 16.3 Å². The van der Waals surface area contributed by atoms with E-state index in [-0.39, 0.29) is 0 Å². The Balaban J connectivity index is 1.43. The van der Waals surface area contributed by atoms with E-state index in [2.05, 4.69) is 31.9 Å². The minimum atomic E-state index is 0.366. The van der Waals surface area contributed by atoms with Crippen LogP contribution in [0.15, 0.2) is 38.9 Å². The molecule has 1 fully saturated rings. The van der Waals surface area contributed by atoms with Gasteiger partial charge in [-0.15, -0.1) is 11.3 Å². The second-order valence-electron chi connectivity index (χ2n) is 5.29. The maximum Gasteiger partial charge on any atom is 0.231 e. The second-order valence-corrected chi connectivity index (χ2v) is 7.01. The Bertz CT molecular complexity index is 690. The molecule has 1 aliphatic rings. The summed E-state index contributed by atoms with van der Waals surface area (Å²) in [6.45, 7) is 3.12. The molecule has 1 aliphatic heterocycles. The molecule has 4 nitrogen and oxygen atoms in total. The molecule has 0 radical (unpaired) electrons. The van der Waals surface area contributed by atoms with Gasteiger partial charge >= 0.3 is 0 Å². The molecule has 3 aromatic heterocycles. The predicted octanol–water partition coefficient (Wildman–Crippen LogP) is 3.85. The number of likely N-dealkylation sites (tertiary alicyclic amines) is 1. The molecular weight excluding hydrogens is 302 g/mol. The lowest BCUT2D eigenvalue weighted by Gasteiger charge is -2.13. The smallest absolute Gasteiger partial charge is 0.231 e. The van der Waals surface area contributed by atoms with Gasteiger partial charge in [0.05, 0.1) is 10.8 Å². The number of thiophene rings is 2. The maximum absolute atomic E-state index is 5.48. The Morgan fingerprint density at radius 3 is 3.14 bits per heavy atom. The van der Waals surface area contributed by atoms with E-state index in [1.54, 1.807) is 22.7 Å². The van der Waals surface area contributed by atoms with Crippen molar-refractivity contribution in [3.05, 3.63) is 45.8 Å². The fraction of sp³-hybridized carbons (Fsp3) is 0.333. The first kappa shape index (κ1) is 13.2. The molecule has 1 atom stereocenters. The van der Waals surface area contributed by atoms with E-state index < -0.39 is 0 Å². The molecule has 6 heteroatoms. The van der Waals surface area contributed by atoms with Crippen molar-refractivity contribution in [2.45, 2.75) is 18.9 Å². The molecule has 0 bridgehead atoms. The minimum absolute atomic E-state index is 0.366. The number of rotatable bonds is 4. The zero-order chi connectivity index (χ0) is 14.1. The van der Waals surface area contributed by atoms with Crippen molar-refractivity contribution in [2.75, 3.05) is 13.1 Å². The van der Waals surface area contributed by atoms with E-state index >= 15 is 0 Å². The predicted molar refractivity (Wildman–Crippen MR) is 84.6 cm³/mol. The number of hydrogen-bond donors (Lipinski definition) is 0. The summed E-state index contributed by atoms with van der Waals surface area (Å²) in [5.41, 5.74) is 1.39. The van der Waals surface area contributed by atoms with Gasteiger partial charge in [0.1, 0.15) is 0 Å². The van der Waals surface area contributed by atoms with E-state index in [1.165, 1.54) is 5.56 Å². The summed E-state index contributed by atoms with van der Waals surface area (Å²) in [7, 11) is 0. The van der Waals surface area contributed by atoms with Crippen LogP contribution in [-0.2, 0) is 6.54 Å². The zero-order valence-corrected chi connectivity index (χ0v) is 13.1. The number of nitrogens with zero attached hydrogens (tertiary/aromatic N) is 3. The molecular formula is C15H15N3OS2. The Morgan fingerprint density at radius 1 is 1.33 bits per heavy atom. The van der Waals surface area contributed by atoms with Crippen LogP contribution in [0.1, 0.15) is 23.8 Å². The highest BCUT2D eigenvalue weighted by Crippen LogP contribution is 2.29. The average Bonchev–Trinajstić information content (AvgIpc) is 3.28. The first-order valence-electron chi connectivity index (χ1n) is 6.99. The Morgan fingerprint density at radius 2 is 2.33 bits per heavy atom. The Labute approximate surface area is 131 Å². The summed E-state index contributed by atoms with van der Waals surface area (Å²) < 4.78 is 5.48. The molecule has 3 aromatic rings. The van der Waals surface area contributed by atoms with Crippen molar-refractivity contribution in [3.63, 3.8) is 0 Å². The highest BCUT2D eigenvalue weighted by Gasteiger charge is 2.28. The fourth-order valence-electron chi connectivity index (χ4n) is 2.73. The molecule has 0 unspecified atom stereocenters. The van der Waals surface area contributed by atoms with Gasteiger partial charge in [-0.25, -0.2) is 0 Å².